The molecule has 1 heterocycles. The van der Waals surface area contributed by atoms with Crippen molar-refractivity contribution in [3.8, 4) is 0 Å². The standard InChI is InChI=1S/C16H18FN3O4S.ClH/c1-10(21)12-5-4-11(8-13(12)17)25(22,23)9-14-19-15(20-24-14)16(18)6-2-3-7-16;/h4-5,8H,2-3,6-7,9,18H2,1H3;1H. The topological polar surface area (TPSA) is 116 Å². The van der Waals surface area contributed by atoms with Gasteiger partial charge in [-0.3, -0.25) is 4.79 Å². The summed E-state index contributed by atoms with van der Waals surface area (Å²) >= 11 is 0. The molecule has 26 heavy (non-hydrogen) atoms. The summed E-state index contributed by atoms with van der Waals surface area (Å²) in [4.78, 5) is 15.1. The van der Waals surface area contributed by atoms with E-state index in [1.54, 1.807) is 0 Å². The molecule has 3 rings (SSSR count). The molecule has 0 unspecified atom stereocenters. The maximum atomic E-state index is 13.9. The molecule has 0 radical (unpaired) electrons. The Morgan fingerprint density at radius 2 is 2.00 bits per heavy atom. The third-order valence-electron chi connectivity index (χ3n) is 4.40. The Labute approximate surface area is 156 Å². The molecule has 142 valence electrons. The van der Waals surface area contributed by atoms with E-state index in [9.17, 15) is 17.6 Å². The second-order valence-electron chi connectivity index (χ2n) is 6.33. The fourth-order valence-corrected chi connectivity index (χ4v) is 4.13. The summed E-state index contributed by atoms with van der Waals surface area (Å²) in [5, 5.41) is 3.81. The highest BCUT2D eigenvalue weighted by Gasteiger charge is 2.36. The van der Waals surface area contributed by atoms with Crippen molar-refractivity contribution in [1.82, 2.24) is 10.1 Å². The summed E-state index contributed by atoms with van der Waals surface area (Å²) in [6.07, 6.45) is 3.35. The summed E-state index contributed by atoms with van der Waals surface area (Å²) in [7, 11) is -3.90. The molecule has 0 amide bonds. The van der Waals surface area contributed by atoms with Crippen molar-refractivity contribution in [2.75, 3.05) is 0 Å². The second kappa shape index (κ2) is 7.42. The first kappa shape index (κ1) is 20.5. The van der Waals surface area contributed by atoms with Crippen molar-refractivity contribution >= 4 is 28.0 Å². The lowest BCUT2D eigenvalue weighted by Gasteiger charge is -2.17. The van der Waals surface area contributed by atoms with Crippen LogP contribution < -0.4 is 5.73 Å². The number of ketones is 1. The Hall–Kier alpha value is -1.84. The lowest BCUT2D eigenvalue weighted by molar-refractivity contribution is 0.101. The van der Waals surface area contributed by atoms with E-state index in [1.807, 2.05) is 0 Å². The minimum absolute atomic E-state index is 0. The van der Waals surface area contributed by atoms with Crippen LogP contribution in [-0.2, 0) is 21.1 Å². The van der Waals surface area contributed by atoms with Gasteiger partial charge in [0.2, 0.25) is 5.89 Å². The number of nitrogens with zero attached hydrogens (tertiary/aromatic N) is 2. The molecule has 1 fully saturated rings. The summed E-state index contributed by atoms with van der Waals surface area (Å²) in [6, 6.07) is 3.16. The summed E-state index contributed by atoms with van der Waals surface area (Å²) in [6.45, 7) is 1.21. The van der Waals surface area contributed by atoms with Crippen LogP contribution in [0.4, 0.5) is 4.39 Å². The molecule has 1 saturated carbocycles. The number of hydrogen-bond acceptors (Lipinski definition) is 7. The fourth-order valence-electron chi connectivity index (χ4n) is 2.97. The largest absolute Gasteiger partial charge is 0.338 e. The number of carbonyl (C=O) groups is 1. The highest BCUT2D eigenvalue weighted by molar-refractivity contribution is 7.90. The molecule has 10 heteroatoms. The summed E-state index contributed by atoms with van der Waals surface area (Å²) in [5.74, 6) is -1.72. The molecule has 1 aromatic carbocycles. The van der Waals surface area contributed by atoms with Crippen molar-refractivity contribution in [2.24, 2.45) is 5.73 Å². The van der Waals surface area contributed by atoms with Crippen molar-refractivity contribution in [2.45, 2.75) is 48.8 Å². The van der Waals surface area contributed by atoms with E-state index in [1.165, 1.54) is 13.0 Å². The molecule has 2 aromatic rings. The third-order valence-corrected chi connectivity index (χ3v) is 6.00. The average Bonchev–Trinajstić information content (AvgIpc) is 3.16. The van der Waals surface area contributed by atoms with Crippen LogP contribution in [0.5, 0.6) is 0 Å². The Kier molecular flexibility index (Phi) is 5.84. The fraction of sp³-hybridized carbons (Fsp3) is 0.438. The number of halogens is 2. The normalized spacial score (nSPS) is 16.3. The van der Waals surface area contributed by atoms with E-state index in [0.717, 1.165) is 37.8 Å². The number of hydrogen-bond donors (Lipinski definition) is 1. The molecular weight excluding hydrogens is 385 g/mol. The molecule has 0 atom stereocenters. The van der Waals surface area contributed by atoms with E-state index in [-0.39, 0.29) is 28.8 Å². The first-order valence-corrected chi connectivity index (χ1v) is 9.52. The summed E-state index contributed by atoms with van der Waals surface area (Å²) < 4.78 is 43.8. The quantitative estimate of drug-likeness (QED) is 0.762. The van der Waals surface area contributed by atoms with Gasteiger partial charge in [0.15, 0.2) is 21.4 Å². The first-order chi connectivity index (χ1) is 11.7. The summed E-state index contributed by atoms with van der Waals surface area (Å²) in [5.41, 5.74) is 5.38. The highest BCUT2D eigenvalue weighted by atomic mass is 35.5. The van der Waals surface area contributed by atoms with Gasteiger partial charge in [0, 0.05) is 0 Å². The van der Waals surface area contributed by atoms with Crippen molar-refractivity contribution in [1.29, 1.82) is 0 Å². The van der Waals surface area contributed by atoms with Crippen LogP contribution in [0.2, 0.25) is 0 Å². The lowest BCUT2D eigenvalue weighted by atomic mass is 9.99. The molecule has 7 nitrogen and oxygen atoms in total. The van der Waals surface area contributed by atoms with Gasteiger partial charge in [0.05, 0.1) is 16.0 Å². The van der Waals surface area contributed by atoms with Gasteiger partial charge in [-0.15, -0.1) is 12.4 Å². The third kappa shape index (κ3) is 3.94. The number of rotatable bonds is 5. The van der Waals surface area contributed by atoms with Gasteiger partial charge in [-0.25, -0.2) is 12.8 Å². The number of benzene rings is 1. The van der Waals surface area contributed by atoms with Crippen LogP contribution in [0.1, 0.15) is 54.7 Å². The van der Waals surface area contributed by atoms with Crippen LogP contribution in [-0.4, -0.2) is 24.3 Å². The molecule has 0 bridgehead atoms. The van der Waals surface area contributed by atoms with Gasteiger partial charge in [-0.1, -0.05) is 18.0 Å². The van der Waals surface area contributed by atoms with Gasteiger partial charge in [0.1, 0.15) is 11.6 Å². The molecule has 2 N–H and O–H groups in total. The predicted octanol–water partition coefficient (Wildman–Crippen LogP) is 2.54. The Bertz CT molecular complexity index is 923. The molecule has 0 aliphatic heterocycles. The zero-order valence-corrected chi connectivity index (χ0v) is 15.7. The lowest BCUT2D eigenvalue weighted by Crippen LogP contribution is -2.34. The van der Waals surface area contributed by atoms with Crippen LogP contribution in [0.3, 0.4) is 0 Å². The number of carbonyl (C=O) groups excluding carboxylic acids is 1. The predicted molar refractivity (Wildman–Crippen MR) is 93.2 cm³/mol. The molecule has 1 aliphatic carbocycles. The van der Waals surface area contributed by atoms with Crippen LogP contribution >= 0.6 is 12.4 Å². The molecule has 0 spiro atoms. The minimum atomic E-state index is -3.90. The van der Waals surface area contributed by atoms with Gasteiger partial charge < -0.3 is 10.3 Å². The molecule has 1 aliphatic rings. The molecule has 1 aromatic heterocycles. The van der Waals surface area contributed by atoms with Gasteiger partial charge >= 0.3 is 0 Å². The maximum absolute atomic E-state index is 13.9. The van der Waals surface area contributed by atoms with E-state index in [0.29, 0.717) is 5.82 Å². The zero-order chi connectivity index (χ0) is 18.2. The zero-order valence-electron chi connectivity index (χ0n) is 14.1. The average molecular weight is 404 g/mol. The van der Waals surface area contributed by atoms with E-state index in [4.69, 9.17) is 10.3 Å². The second-order valence-corrected chi connectivity index (χ2v) is 8.32. The maximum Gasteiger partial charge on any atom is 0.242 e. The van der Waals surface area contributed by atoms with Crippen molar-refractivity contribution < 1.29 is 22.1 Å². The smallest absolute Gasteiger partial charge is 0.242 e. The van der Waals surface area contributed by atoms with Crippen LogP contribution in [0, 0.1) is 5.82 Å². The highest BCUT2D eigenvalue weighted by Crippen LogP contribution is 2.34. The Morgan fingerprint density at radius 3 is 2.58 bits per heavy atom. The monoisotopic (exact) mass is 403 g/mol. The van der Waals surface area contributed by atoms with Gasteiger partial charge in [0.25, 0.3) is 0 Å². The molecular formula is C16H19ClFN3O4S. The Morgan fingerprint density at radius 1 is 1.35 bits per heavy atom. The number of sulfone groups is 1. The van der Waals surface area contributed by atoms with Crippen molar-refractivity contribution in [3.63, 3.8) is 0 Å². The first-order valence-electron chi connectivity index (χ1n) is 7.86. The SMILES string of the molecule is CC(=O)c1ccc(S(=O)(=O)Cc2nc(C3(N)CCCC3)no2)cc1F.Cl. The van der Waals surface area contributed by atoms with Crippen LogP contribution in [0.15, 0.2) is 27.6 Å². The van der Waals surface area contributed by atoms with E-state index in [2.05, 4.69) is 10.1 Å². The van der Waals surface area contributed by atoms with Crippen molar-refractivity contribution in [3.05, 3.63) is 41.3 Å². The van der Waals surface area contributed by atoms with Crippen LogP contribution in [0.25, 0.3) is 0 Å². The van der Waals surface area contributed by atoms with E-state index >= 15 is 0 Å². The molecule has 0 saturated heterocycles. The van der Waals surface area contributed by atoms with E-state index < -0.39 is 32.7 Å². The Balaban J connectivity index is 0.00000243. The number of Topliss-reactive ketones (excluding diaryl/α,β-unsaturated/α-hetero) is 1. The van der Waals surface area contributed by atoms with Gasteiger partial charge in [-0.2, -0.15) is 4.98 Å². The number of aromatic nitrogens is 2. The van der Waals surface area contributed by atoms with Gasteiger partial charge in [-0.05, 0) is 38.0 Å². The minimum Gasteiger partial charge on any atom is -0.338 e. The number of nitrogens with two attached hydrogens (primary N) is 1.